The van der Waals surface area contributed by atoms with Crippen LogP contribution < -0.4 is 5.32 Å². The lowest BCUT2D eigenvalue weighted by Gasteiger charge is -2.06. The van der Waals surface area contributed by atoms with E-state index in [1.54, 1.807) is 11.8 Å². The number of nitrogens with zero attached hydrogens (tertiary/aromatic N) is 1. The molecule has 4 heteroatoms. The van der Waals surface area contributed by atoms with Crippen molar-refractivity contribution in [1.82, 2.24) is 0 Å². The van der Waals surface area contributed by atoms with E-state index in [2.05, 4.69) is 45.0 Å². The maximum absolute atomic E-state index is 4.34. The van der Waals surface area contributed by atoms with E-state index >= 15 is 0 Å². The number of hydrogen-bond acceptors (Lipinski definition) is 3. The molecule has 0 bridgehead atoms. The first-order valence-corrected chi connectivity index (χ1v) is 6.11. The lowest BCUT2D eigenvalue weighted by atomic mass is 10.3. The smallest absolute Gasteiger partial charge is 0.161 e. The van der Waals surface area contributed by atoms with Crippen LogP contribution in [-0.2, 0) is 0 Å². The van der Waals surface area contributed by atoms with Crippen molar-refractivity contribution in [3.8, 4) is 0 Å². The van der Waals surface area contributed by atoms with Gasteiger partial charge in [0.15, 0.2) is 5.17 Å². The van der Waals surface area contributed by atoms with E-state index < -0.39 is 0 Å². The van der Waals surface area contributed by atoms with Crippen LogP contribution >= 0.6 is 34.4 Å². The van der Waals surface area contributed by atoms with E-state index in [0.717, 1.165) is 23.2 Å². The normalized spacial score (nSPS) is 15.6. The zero-order chi connectivity index (χ0) is 9.10. The molecule has 13 heavy (non-hydrogen) atoms. The second-order valence-corrected chi connectivity index (χ2v) is 4.89. The number of aliphatic imine (C=N–C) groups is 1. The van der Waals surface area contributed by atoms with E-state index in [-0.39, 0.29) is 0 Å². The summed E-state index contributed by atoms with van der Waals surface area (Å²) < 4.78 is 1.23. The number of thioether (sulfide) groups is 1. The molecule has 1 aliphatic heterocycles. The first-order chi connectivity index (χ1) is 6.36. The minimum absolute atomic E-state index is 0.941. The van der Waals surface area contributed by atoms with Crippen molar-refractivity contribution in [3.63, 3.8) is 0 Å². The number of benzene rings is 1. The summed E-state index contributed by atoms with van der Waals surface area (Å²) in [6.45, 7) is 0.941. The number of anilines is 1. The Morgan fingerprint density at radius 2 is 2.23 bits per heavy atom. The van der Waals surface area contributed by atoms with Gasteiger partial charge in [0.2, 0.25) is 0 Å². The van der Waals surface area contributed by atoms with E-state index in [9.17, 15) is 0 Å². The van der Waals surface area contributed by atoms with Crippen LogP contribution in [-0.4, -0.2) is 17.5 Å². The molecule has 1 aromatic carbocycles. The predicted octanol–water partition coefficient (Wildman–Crippen LogP) is 2.81. The number of rotatable bonds is 1. The summed E-state index contributed by atoms with van der Waals surface area (Å²) in [5.74, 6) is 1.10. The van der Waals surface area contributed by atoms with Crippen LogP contribution in [0.15, 0.2) is 29.3 Å². The highest BCUT2D eigenvalue weighted by Gasteiger charge is 2.07. The van der Waals surface area contributed by atoms with Gasteiger partial charge in [-0.05, 0) is 34.7 Å². The summed E-state index contributed by atoms with van der Waals surface area (Å²) in [5, 5.41) is 4.36. The Morgan fingerprint density at radius 1 is 1.38 bits per heavy atom. The van der Waals surface area contributed by atoms with Crippen LogP contribution in [0.4, 0.5) is 5.69 Å². The quantitative estimate of drug-likeness (QED) is 0.807. The average molecular weight is 304 g/mol. The second kappa shape index (κ2) is 4.32. The molecule has 0 spiro atoms. The number of nitrogens with one attached hydrogen (secondary N) is 1. The van der Waals surface area contributed by atoms with Crippen LogP contribution in [0.3, 0.4) is 0 Å². The fraction of sp³-hybridized carbons (Fsp3) is 0.222. The maximum Gasteiger partial charge on any atom is 0.161 e. The fourth-order valence-corrected chi connectivity index (χ4v) is 2.35. The molecular weight excluding hydrogens is 295 g/mol. The first-order valence-electron chi connectivity index (χ1n) is 4.05. The van der Waals surface area contributed by atoms with Crippen LogP contribution in [0.2, 0.25) is 0 Å². The fourth-order valence-electron chi connectivity index (χ4n) is 1.09. The Kier molecular flexibility index (Phi) is 3.10. The Labute approximate surface area is 95.4 Å². The van der Waals surface area contributed by atoms with Crippen molar-refractivity contribution in [2.45, 2.75) is 0 Å². The molecule has 2 rings (SSSR count). The van der Waals surface area contributed by atoms with Crippen molar-refractivity contribution in [1.29, 1.82) is 0 Å². The number of hydrogen-bond donors (Lipinski definition) is 1. The Hall–Kier alpha value is -0.230. The molecule has 1 N–H and O–H groups in total. The first kappa shape index (κ1) is 9.33. The summed E-state index contributed by atoms with van der Waals surface area (Å²) in [5.41, 5.74) is 1.15. The van der Waals surface area contributed by atoms with Crippen molar-refractivity contribution >= 4 is 45.2 Å². The largest absolute Gasteiger partial charge is 0.334 e. The molecule has 0 saturated carbocycles. The van der Waals surface area contributed by atoms with Crippen LogP contribution in [0.5, 0.6) is 0 Å². The third-order valence-electron chi connectivity index (χ3n) is 1.70. The zero-order valence-electron chi connectivity index (χ0n) is 6.96. The van der Waals surface area contributed by atoms with Crippen molar-refractivity contribution < 1.29 is 0 Å². The van der Waals surface area contributed by atoms with Crippen molar-refractivity contribution in [3.05, 3.63) is 27.8 Å². The highest BCUT2D eigenvalue weighted by atomic mass is 127. The van der Waals surface area contributed by atoms with Crippen LogP contribution in [0.1, 0.15) is 0 Å². The van der Waals surface area contributed by atoms with Gasteiger partial charge in [0.1, 0.15) is 0 Å². The molecule has 0 unspecified atom stereocenters. The van der Waals surface area contributed by atoms with Gasteiger partial charge in [0.05, 0.1) is 12.2 Å². The topological polar surface area (TPSA) is 24.4 Å². The van der Waals surface area contributed by atoms with Gasteiger partial charge in [-0.3, -0.25) is 4.99 Å². The standard InChI is InChI=1S/C9H9IN2S/c10-7-3-1-2-4-8(7)12-9-11-5-6-13-9/h1-4H,5-6H2,(H,11,12). The van der Waals surface area contributed by atoms with Gasteiger partial charge in [0.25, 0.3) is 0 Å². The second-order valence-electron chi connectivity index (χ2n) is 2.64. The average Bonchev–Trinajstić information content (AvgIpc) is 2.61. The third kappa shape index (κ3) is 2.37. The Morgan fingerprint density at radius 3 is 2.92 bits per heavy atom. The van der Waals surface area contributed by atoms with Gasteiger partial charge in [0, 0.05) is 9.32 Å². The predicted molar refractivity (Wildman–Crippen MR) is 67.5 cm³/mol. The molecule has 0 amide bonds. The molecule has 0 atom stereocenters. The molecule has 0 fully saturated rings. The highest BCUT2D eigenvalue weighted by molar-refractivity contribution is 14.1. The van der Waals surface area contributed by atoms with Crippen molar-refractivity contribution in [2.75, 3.05) is 17.6 Å². The van der Waals surface area contributed by atoms with Gasteiger partial charge in [-0.15, -0.1) is 0 Å². The van der Waals surface area contributed by atoms with Gasteiger partial charge < -0.3 is 5.32 Å². The molecule has 0 aliphatic carbocycles. The van der Waals surface area contributed by atoms with E-state index in [1.165, 1.54) is 3.57 Å². The molecule has 68 valence electrons. The molecule has 2 nitrogen and oxygen atoms in total. The van der Waals surface area contributed by atoms with Crippen LogP contribution in [0, 0.1) is 3.57 Å². The minimum atomic E-state index is 0.941. The van der Waals surface area contributed by atoms with E-state index in [0.29, 0.717) is 0 Å². The molecular formula is C9H9IN2S. The van der Waals surface area contributed by atoms with E-state index in [4.69, 9.17) is 0 Å². The number of para-hydroxylation sites is 1. The van der Waals surface area contributed by atoms with E-state index in [1.807, 2.05) is 12.1 Å². The van der Waals surface area contributed by atoms with Gasteiger partial charge in [-0.1, -0.05) is 23.9 Å². The van der Waals surface area contributed by atoms with Crippen LogP contribution in [0.25, 0.3) is 0 Å². The molecule has 1 aromatic rings. The summed E-state index contributed by atoms with van der Waals surface area (Å²) in [4.78, 5) is 4.34. The molecule has 0 radical (unpaired) electrons. The van der Waals surface area contributed by atoms with Gasteiger partial charge in [-0.2, -0.15) is 0 Å². The molecule has 0 aromatic heterocycles. The molecule has 0 saturated heterocycles. The van der Waals surface area contributed by atoms with Crippen molar-refractivity contribution in [2.24, 2.45) is 4.99 Å². The minimum Gasteiger partial charge on any atom is -0.334 e. The number of amidine groups is 1. The highest BCUT2D eigenvalue weighted by Crippen LogP contribution is 2.20. The summed E-state index contributed by atoms with van der Waals surface area (Å²) in [7, 11) is 0. The monoisotopic (exact) mass is 304 g/mol. The molecule has 1 heterocycles. The summed E-state index contributed by atoms with van der Waals surface area (Å²) >= 11 is 4.10. The SMILES string of the molecule is Ic1ccccc1NC1=NCCS1. The lowest BCUT2D eigenvalue weighted by Crippen LogP contribution is -2.05. The summed E-state index contributed by atoms with van der Waals surface area (Å²) in [6.07, 6.45) is 0. The molecule has 1 aliphatic rings. The lowest BCUT2D eigenvalue weighted by molar-refractivity contribution is 1.17. The zero-order valence-corrected chi connectivity index (χ0v) is 9.93. The summed E-state index contributed by atoms with van der Waals surface area (Å²) in [6, 6.07) is 8.23. The number of halogens is 1. The Balaban J connectivity index is 2.13. The third-order valence-corrected chi connectivity index (χ3v) is 3.53. The Bertz CT molecular complexity index is 338. The van der Waals surface area contributed by atoms with Gasteiger partial charge >= 0.3 is 0 Å². The van der Waals surface area contributed by atoms with Gasteiger partial charge in [-0.25, -0.2) is 0 Å². The maximum atomic E-state index is 4.34.